The molecule has 0 aliphatic heterocycles. The highest BCUT2D eigenvalue weighted by molar-refractivity contribution is 5.93. The molecule has 0 fully saturated rings. The first-order chi connectivity index (χ1) is 10.5. The summed E-state index contributed by atoms with van der Waals surface area (Å²) in [5, 5.41) is 7.12. The molecule has 136 valence electrons. The third kappa shape index (κ3) is 6.75. The first-order valence-electron chi connectivity index (χ1n) is 5.35. The minimum atomic E-state index is -5.08. The second-order valence-electron chi connectivity index (χ2n) is 3.96. The normalized spacial score (nSPS) is 12.2. The molecular weight excluding hydrogens is 365 g/mol. The molecular formula is C11H6F9NO3. The molecule has 0 aliphatic carbocycles. The Hall–Kier alpha value is -2.47. The number of hydrogen-bond acceptors (Lipinski definition) is 2. The smallest absolute Gasteiger partial charge is 0.475 e. The standard InChI is InChI=1S/C9H5F6NO.C2HF3O2/c10-8(11,12)5-1-4(7(16)17)2-6(3-5)9(13,14)15;3-2(4,5)1(6)7/h1-3H,(H2,16,17);(H,6,7). The molecule has 3 N–H and O–H groups in total. The number of carboxylic acid groups (broad SMARTS) is 1. The molecule has 0 aliphatic rings. The summed E-state index contributed by atoms with van der Waals surface area (Å²) in [6.45, 7) is 0. The number of hydrogen-bond donors (Lipinski definition) is 2. The number of carbonyl (C=O) groups excluding carboxylic acids is 1. The van der Waals surface area contributed by atoms with E-state index < -0.39 is 47.1 Å². The van der Waals surface area contributed by atoms with E-state index in [9.17, 15) is 44.3 Å². The zero-order valence-corrected chi connectivity index (χ0v) is 11.0. The van der Waals surface area contributed by atoms with Gasteiger partial charge in [0.25, 0.3) is 0 Å². The van der Waals surface area contributed by atoms with Crippen molar-refractivity contribution >= 4 is 11.9 Å². The Morgan fingerprint density at radius 1 is 0.792 bits per heavy atom. The van der Waals surface area contributed by atoms with Gasteiger partial charge >= 0.3 is 24.5 Å². The summed E-state index contributed by atoms with van der Waals surface area (Å²) < 4.78 is 105. The molecule has 1 amide bonds. The Morgan fingerprint density at radius 2 is 1.08 bits per heavy atom. The van der Waals surface area contributed by atoms with Crippen LogP contribution in [0.5, 0.6) is 0 Å². The van der Waals surface area contributed by atoms with E-state index in [1.54, 1.807) is 0 Å². The lowest BCUT2D eigenvalue weighted by Crippen LogP contribution is -2.21. The van der Waals surface area contributed by atoms with E-state index in [0.29, 0.717) is 0 Å². The number of amides is 1. The monoisotopic (exact) mass is 371 g/mol. The lowest BCUT2D eigenvalue weighted by Gasteiger charge is -2.12. The van der Waals surface area contributed by atoms with Crippen molar-refractivity contribution in [2.75, 3.05) is 0 Å². The molecule has 0 unspecified atom stereocenters. The number of carbonyl (C=O) groups is 2. The maximum atomic E-state index is 12.3. The average Bonchev–Trinajstić information content (AvgIpc) is 2.35. The SMILES string of the molecule is NC(=O)c1cc(C(F)(F)F)cc(C(F)(F)F)c1.O=C(O)C(F)(F)F. The number of alkyl halides is 9. The maximum Gasteiger partial charge on any atom is 0.490 e. The number of benzene rings is 1. The molecule has 0 atom stereocenters. The Balaban J connectivity index is 0.000000640. The van der Waals surface area contributed by atoms with Gasteiger partial charge in [0, 0.05) is 5.56 Å². The highest BCUT2D eigenvalue weighted by Crippen LogP contribution is 2.36. The van der Waals surface area contributed by atoms with Crippen LogP contribution < -0.4 is 5.73 Å². The molecule has 0 saturated carbocycles. The van der Waals surface area contributed by atoms with Gasteiger partial charge in [-0.15, -0.1) is 0 Å². The van der Waals surface area contributed by atoms with Crippen LogP contribution in [0.4, 0.5) is 39.5 Å². The fraction of sp³-hybridized carbons (Fsp3) is 0.273. The van der Waals surface area contributed by atoms with E-state index in [0.717, 1.165) is 0 Å². The summed E-state index contributed by atoms with van der Waals surface area (Å²) in [5.74, 6) is -4.12. The molecule has 1 rings (SSSR count). The van der Waals surface area contributed by atoms with E-state index in [1.165, 1.54) is 0 Å². The zero-order chi connectivity index (χ0) is 19.5. The van der Waals surface area contributed by atoms with Gasteiger partial charge in [0.1, 0.15) is 0 Å². The van der Waals surface area contributed by atoms with Crippen molar-refractivity contribution in [2.45, 2.75) is 18.5 Å². The third-order valence-electron chi connectivity index (χ3n) is 2.11. The summed E-state index contributed by atoms with van der Waals surface area (Å²) >= 11 is 0. The minimum absolute atomic E-state index is 0.0769. The van der Waals surface area contributed by atoms with Gasteiger partial charge in [0.15, 0.2) is 0 Å². The van der Waals surface area contributed by atoms with Crippen LogP contribution in [0, 0.1) is 0 Å². The fourth-order valence-electron chi connectivity index (χ4n) is 1.10. The maximum absolute atomic E-state index is 12.3. The van der Waals surface area contributed by atoms with Crippen molar-refractivity contribution in [3.63, 3.8) is 0 Å². The summed E-state index contributed by atoms with van der Waals surface area (Å²) in [6, 6.07) is 0.474. The Bertz CT molecular complexity index is 584. The van der Waals surface area contributed by atoms with Crippen LogP contribution in [0.2, 0.25) is 0 Å². The molecule has 24 heavy (non-hydrogen) atoms. The highest BCUT2D eigenvalue weighted by atomic mass is 19.4. The Kier molecular flexibility index (Phi) is 6.25. The van der Waals surface area contributed by atoms with E-state index in [1.807, 2.05) is 0 Å². The summed E-state index contributed by atoms with van der Waals surface area (Å²) in [5.41, 5.74) is 0.687. The quantitative estimate of drug-likeness (QED) is 0.742. The molecule has 0 bridgehead atoms. The van der Waals surface area contributed by atoms with E-state index >= 15 is 0 Å². The van der Waals surface area contributed by atoms with Crippen LogP contribution in [0.25, 0.3) is 0 Å². The highest BCUT2D eigenvalue weighted by Gasteiger charge is 2.38. The van der Waals surface area contributed by atoms with E-state index in [2.05, 4.69) is 5.73 Å². The van der Waals surface area contributed by atoms with Crippen LogP contribution in [0.1, 0.15) is 21.5 Å². The molecule has 4 nitrogen and oxygen atoms in total. The number of rotatable bonds is 1. The molecule has 1 aromatic carbocycles. The Morgan fingerprint density at radius 3 is 1.25 bits per heavy atom. The zero-order valence-electron chi connectivity index (χ0n) is 11.0. The summed E-state index contributed by atoms with van der Waals surface area (Å²) in [4.78, 5) is 19.5. The van der Waals surface area contributed by atoms with Gasteiger partial charge < -0.3 is 10.8 Å². The van der Waals surface area contributed by atoms with Gasteiger partial charge in [0.05, 0.1) is 11.1 Å². The second kappa shape index (κ2) is 6.97. The number of halogens is 9. The van der Waals surface area contributed by atoms with Crippen LogP contribution in [0.3, 0.4) is 0 Å². The predicted octanol–water partition coefficient (Wildman–Crippen LogP) is 3.46. The lowest BCUT2D eigenvalue weighted by molar-refractivity contribution is -0.192. The van der Waals surface area contributed by atoms with Gasteiger partial charge in [-0.05, 0) is 18.2 Å². The minimum Gasteiger partial charge on any atom is -0.475 e. The number of primary amides is 1. The van der Waals surface area contributed by atoms with Crippen LogP contribution in [-0.2, 0) is 17.1 Å². The van der Waals surface area contributed by atoms with Crippen molar-refractivity contribution < 1.29 is 54.2 Å². The summed E-state index contributed by atoms with van der Waals surface area (Å²) in [6.07, 6.45) is -15.0. The number of carboxylic acids is 1. The van der Waals surface area contributed by atoms with Gasteiger partial charge in [-0.25, -0.2) is 4.79 Å². The first kappa shape index (κ1) is 21.5. The van der Waals surface area contributed by atoms with Gasteiger partial charge in [0.2, 0.25) is 5.91 Å². The number of nitrogens with two attached hydrogens (primary N) is 1. The third-order valence-corrected chi connectivity index (χ3v) is 2.11. The van der Waals surface area contributed by atoms with Crippen molar-refractivity contribution in [3.05, 3.63) is 34.9 Å². The van der Waals surface area contributed by atoms with Crippen LogP contribution in [0.15, 0.2) is 18.2 Å². The van der Waals surface area contributed by atoms with E-state index in [-0.39, 0.29) is 18.2 Å². The molecule has 0 radical (unpaired) electrons. The Labute approximate surface area is 126 Å². The fourth-order valence-corrected chi connectivity index (χ4v) is 1.10. The van der Waals surface area contributed by atoms with E-state index in [4.69, 9.17) is 9.90 Å². The van der Waals surface area contributed by atoms with Gasteiger partial charge in [-0.2, -0.15) is 39.5 Å². The van der Waals surface area contributed by atoms with Crippen molar-refractivity contribution in [2.24, 2.45) is 5.73 Å². The molecule has 1 aromatic rings. The van der Waals surface area contributed by atoms with Crippen LogP contribution in [-0.4, -0.2) is 23.2 Å². The topological polar surface area (TPSA) is 80.4 Å². The van der Waals surface area contributed by atoms with Crippen molar-refractivity contribution in [1.29, 1.82) is 0 Å². The van der Waals surface area contributed by atoms with Gasteiger partial charge in [-0.1, -0.05) is 0 Å². The average molecular weight is 371 g/mol. The molecule has 0 aromatic heterocycles. The summed E-state index contributed by atoms with van der Waals surface area (Å²) in [7, 11) is 0. The van der Waals surface area contributed by atoms with Crippen LogP contribution >= 0.6 is 0 Å². The predicted molar refractivity (Wildman–Crippen MR) is 58.7 cm³/mol. The van der Waals surface area contributed by atoms with Crippen molar-refractivity contribution in [1.82, 2.24) is 0 Å². The number of aliphatic carboxylic acids is 1. The molecule has 13 heteroatoms. The lowest BCUT2D eigenvalue weighted by atomic mass is 10.0. The molecule has 0 heterocycles. The van der Waals surface area contributed by atoms with Crippen molar-refractivity contribution in [3.8, 4) is 0 Å². The first-order valence-corrected chi connectivity index (χ1v) is 5.35. The largest absolute Gasteiger partial charge is 0.490 e. The molecule has 0 saturated heterocycles. The molecule has 0 spiro atoms. The van der Waals surface area contributed by atoms with Gasteiger partial charge in [-0.3, -0.25) is 4.79 Å². The second-order valence-corrected chi connectivity index (χ2v) is 3.96.